The standard InChI is InChI=1S/C18H21N3O5S/c1-12-7-13(2)9-15(8-12)19-18(22)11-20(27(4,25)26)17-10-16(21(23)24)6-5-14(17)3/h5-10H,11H2,1-4H3,(H,19,22). The van der Waals surface area contributed by atoms with Crippen LogP contribution in [0.15, 0.2) is 36.4 Å². The Labute approximate surface area is 158 Å². The number of amides is 1. The van der Waals surface area contributed by atoms with E-state index in [0.717, 1.165) is 27.8 Å². The van der Waals surface area contributed by atoms with Gasteiger partial charge in [-0.05, 0) is 49.6 Å². The summed E-state index contributed by atoms with van der Waals surface area (Å²) in [7, 11) is -3.84. The number of hydrogen-bond donors (Lipinski definition) is 1. The van der Waals surface area contributed by atoms with Crippen LogP contribution < -0.4 is 9.62 Å². The van der Waals surface area contributed by atoms with E-state index in [1.165, 1.54) is 12.1 Å². The molecule has 1 amide bonds. The quantitative estimate of drug-likeness (QED) is 0.601. The van der Waals surface area contributed by atoms with E-state index >= 15 is 0 Å². The van der Waals surface area contributed by atoms with E-state index in [9.17, 15) is 23.3 Å². The first-order chi connectivity index (χ1) is 12.5. The number of sulfonamides is 1. The molecular weight excluding hydrogens is 370 g/mol. The summed E-state index contributed by atoms with van der Waals surface area (Å²) in [4.78, 5) is 22.9. The van der Waals surface area contributed by atoms with E-state index in [1.807, 2.05) is 19.9 Å². The molecule has 2 aromatic rings. The average molecular weight is 391 g/mol. The number of carbonyl (C=O) groups excluding carboxylic acids is 1. The number of benzene rings is 2. The first kappa shape index (κ1) is 20.4. The van der Waals surface area contributed by atoms with Gasteiger partial charge in [0.25, 0.3) is 5.69 Å². The molecule has 1 N–H and O–H groups in total. The van der Waals surface area contributed by atoms with Gasteiger partial charge < -0.3 is 5.32 Å². The third-order valence-corrected chi connectivity index (χ3v) is 4.99. The Bertz CT molecular complexity index is 982. The minimum Gasteiger partial charge on any atom is -0.324 e. The lowest BCUT2D eigenvalue weighted by Crippen LogP contribution is -2.37. The van der Waals surface area contributed by atoms with Crippen LogP contribution in [0.3, 0.4) is 0 Å². The molecule has 0 saturated heterocycles. The summed E-state index contributed by atoms with van der Waals surface area (Å²) >= 11 is 0. The number of carbonyl (C=O) groups is 1. The van der Waals surface area contributed by atoms with E-state index in [1.54, 1.807) is 19.1 Å². The molecule has 0 aliphatic carbocycles. The SMILES string of the molecule is Cc1cc(C)cc(NC(=O)CN(c2cc([N+](=O)[O-])ccc2C)S(C)(=O)=O)c1. The molecule has 0 aromatic heterocycles. The molecule has 27 heavy (non-hydrogen) atoms. The lowest BCUT2D eigenvalue weighted by Gasteiger charge is -2.23. The average Bonchev–Trinajstić information content (AvgIpc) is 2.51. The maximum absolute atomic E-state index is 12.4. The van der Waals surface area contributed by atoms with Gasteiger partial charge in [0, 0.05) is 17.8 Å². The van der Waals surface area contributed by atoms with E-state index < -0.39 is 27.4 Å². The van der Waals surface area contributed by atoms with Crippen molar-refractivity contribution in [2.24, 2.45) is 0 Å². The Kier molecular flexibility index (Phi) is 5.85. The number of nitrogens with zero attached hydrogens (tertiary/aromatic N) is 2. The zero-order chi connectivity index (χ0) is 20.4. The second-order valence-electron chi connectivity index (χ2n) is 6.42. The van der Waals surface area contributed by atoms with Gasteiger partial charge in [-0.1, -0.05) is 12.1 Å². The Morgan fingerprint density at radius 2 is 1.70 bits per heavy atom. The smallest absolute Gasteiger partial charge is 0.271 e. The predicted molar refractivity (Wildman–Crippen MR) is 105 cm³/mol. The maximum atomic E-state index is 12.4. The highest BCUT2D eigenvalue weighted by atomic mass is 32.2. The normalized spacial score (nSPS) is 11.1. The molecule has 144 valence electrons. The van der Waals surface area contributed by atoms with Crippen LogP contribution in [0.25, 0.3) is 0 Å². The molecule has 0 heterocycles. The number of rotatable bonds is 6. The number of anilines is 2. The van der Waals surface area contributed by atoms with Crippen LogP contribution in [0, 0.1) is 30.9 Å². The fourth-order valence-corrected chi connectivity index (χ4v) is 3.64. The van der Waals surface area contributed by atoms with Crippen molar-refractivity contribution in [1.29, 1.82) is 0 Å². The molecule has 0 saturated carbocycles. The van der Waals surface area contributed by atoms with E-state index in [0.29, 0.717) is 11.3 Å². The van der Waals surface area contributed by atoms with Gasteiger partial charge in [-0.25, -0.2) is 8.42 Å². The summed E-state index contributed by atoms with van der Waals surface area (Å²) in [5, 5.41) is 13.7. The summed E-state index contributed by atoms with van der Waals surface area (Å²) in [5.74, 6) is -0.545. The molecule has 0 fully saturated rings. The van der Waals surface area contributed by atoms with Crippen LogP contribution in [-0.4, -0.2) is 32.0 Å². The van der Waals surface area contributed by atoms with Gasteiger partial charge in [-0.3, -0.25) is 19.2 Å². The number of aryl methyl sites for hydroxylation is 3. The molecule has 8 nitrogen and oxygen atoms in total. The third-order valence-electron chi connectivity index (χ3n) is 3.87. The summed E-state index contributed by atoms with van der Waals surface area (Å²) in [6.45, 7) is 4.91. The number of nitro groups is 1. The van der Waals surface area contributed by atoms with Crippen LogP contribution >= 0.6 is 0 Å². The van der Waals surface area contributed by atoms with Crippen molar-refractivity contribution in [3.8, 4) is 0 Å². The molecule has 0 radical (unpaired) electrons. The molecular formula is C18H21N3O5S. The highest BCUT2D eigenvalue weighted by Gasteiger charge is 2.24. The first-order valence-electron chi connectivity index (χ1n) is 8.08. The number of non-ortho nitro benzene ring substituents is 1. The largest absolute Gasteiger partial charge is 0.324 e. The Hall–Kier alpha value is -2.94. The van der Waals surface area contributed by atoms with E-state index in [2.05, 4.69) is 5.32 Å². The van der Waals surface area contributed by atoms with Gasteiger partial charge in [-0.2, -0.15) is 0 Å². The Morgan fingerprint density at radius 3 is 2.22 bits per heavy atom. The molecule has 0 spiro atoms. The van der Waals surface area contributed by atoms with Crippen molar-refractivity contribution in [1.82, 2.24) is 0 Å². The van der Waals surface area contributed by atoms with Gasteiger partial charge in [0.1, 0.15) is 6.54 Å². The number of nitro benzene ring substituents is 1. The molecule has 0 aliphatic rings. The fourth-order valence-electron chi connectivity index (χ4n) is 2.74. The van der Waals surface area contributed by atoms with Crippen LogP contribution in [0.4, 0.5) is 17.1 Å². The topological polar surface area (TPSA) is 110 Å². The zero-order valence-corrected chi connectivity index (χ0v) is 16.3. The van der Waals surface area contributed by atoms with Crippen LogP contribution in [-0.2, 0) is 14.8 Å². The monoisotopic (exact) mass is 391 g/mol. The molecule has 0 bridgehead atoms. The molecule has 0 atom stereocenters. The van der Waals surface area contributed by atoms with Crippen molar-refractivity contribution in [3.63, 3.8) is 0 Å². The fraction of sp³-hybridized carbons (Fsp3) is 0.278. The minimum absolute atomic E-state index is 0.0993. The maximum Gasteiger partial charge on any atom is 0.271 e. The lowest BCUT2D eigenvalue weighted by atomic mass is 10.1. The second kappa shape index (κ2) is 7.75. The van der Waals surface area contributed by atoms with Crippen molar-refractivity contribution >= 4 is 33.0 Å². The number of hydrogen-bond acceptors (Lipinski definition) is 5. The van der Waals surface area contributed by atoms with Crippen molar-refractivity contribution < 1.29 is 18.1 Å². The highest BCUT2D eigenvalue weighted by Crippen LogP contribution is 2.27. The third kappa shape index (κ3) is 5.27. The zero-order valence-electron chi connectivity index (χ0n) is 15.5. The van der Waals surface area contributed by atoms with E-state index in [4.69, 9.17) is 0 Å². The van der Waals surface area contributed by atoms with Gasteiger partial charge in [-0.15, -0.1) is 0 Å². The molecule has 2 aromatic carbocycles. The van der Waals surface area contributed by atoms with Crippen molar-refractivity contribution in [2.75, 3.05) is 22.4 Å². The number of nitrogens with one attached hydrogen (secondary N) is 1. The van der Waals surface area contributed by atoms with Crippen LogP contribution in [0.2, 0.25) is 0 Å². The van der Waals surface area contributed by atoms with Gasteiger partial charge >= 0.3 is 0 Å². The van der Waals surface area contributed by atoms with E-state index in [-0.39, 0.29) is 11.4 Å². The van der Waals surface area contributed by atoms with Gasteiger partial charge in [0.05, 0.1) is 16.9 Å². The second-order valence-corrected chi connectivity index (χ2v) is 8.33. The predicted octanol–water partition coefficient (Wildman–Crippen LogP) is 2.92. The molecule has 0 unspecified atom stereocenters. The summed E-state index contributed by atoms with van der Waals surface area (Å²) in [5.41, 5.74) is 2.83. The van der Waals surface area contributed by atoms with Gasteiger partial charge in [0.2, 0.25) is 15.9 Å². The minimum atomic E-state index is -3.84. The van der Waals surface area contributed by atoms with Crippen LogP contribution in [0.1, 0.15) is 16.7 Å². The first-order valence-corrected chi connectivity index (χ1v) is 9.93. The Morgan fingerprint density at radius 1 is 1.11 bits per heavy atom. The summed E-state index contributed by atoms with van der Waals surface area (Å²) in [6, 6.07) is 9.39. The highest BCUT2D eigenvalue weighted by molar-refractivity contribution is 7.92. The molecule has 2 rings (SSSR count). The molecule has 0 aliphatic heterocycles. The lowest BCUT2D eigenvalue weighted by molar-refractivity contribution is -0.384. The van der Waals surface area contributed by atoms with Crippen LogP contribution in [0.5, 0.6) is 0 Å². The summed E-state index contributed by atoms with van der Waals surface area (Å²) < 4.78 is 25.3. The summed E-state index contributed by atoms with van der Waals surface area (Å²) in [6.07, 6.45) is 0.954. The molecule has 9 heteroatoms. The van der Waals surface area contributed by atoms with Crippen molar-refractivity contribution in [2.45, 2.75) is 20.8 Å². The Balaban J connectivity index is 2.34. The van der Waals surface area contributed by atoms with Gasteiger partial charge in [0.15, 0.2) is 0 Å². The van der Waals surface area contributed by atoms with Crippen molar-refractivity contribution in [3.05, 3.63) is 63.2 Å².